The Morgan fingerprint density at radius 2 is 1.69 bits per heavy atom. The van der Waals surface area contributed by atoms with Crippen molar-refractivity contribution in [3.05, 3.63) is 83.8 Å². The van der Waals surface area contributed by atoms with E-state index in [0.29, 0.717) is 29.4 Å². The minimum absolute atomic E-state index is 0.378. The number of halogens is 3. The van der Waals surface area contributed by atoms with Crippen LogP contribution in [0.2, 0.25) is 0 Å². The summed E-state index contributed by atoms with van der Waals surface area (Å²) in [6.45, 7) is 0.414. The molecule has 0 saturated carbocycles. The first-order valence-electron chi connectivity index (χ1n) is 9.33. The third kappa shape index (κ3) is 6.46. The van der Waals surface area contributed by atoms with Gasteiger partial charge >= 0.3 is 0 Å². The first kappa shape index (κ1) is 24.5. The van der Waals surface area contributed by atoms with Gasteiger partial charge in [0, 0.05) is 8.95 Å². The molecule has 0 radical (unpaired) electrons. The van der Waals surface area contributed by atoms with Crippen LogP contribution in [0.5, 0.6) is 17.2 Å². The number of nitrogens with zero attached hydrogens (tertiary/aromatic N) is 1. The van der Waals surface area contributed by atoms with Crippen LogP contribution in [0.3, 0.4) is 0 Å². The largest absolute Gasteiger partial charge is 0.496 e. The Kier molecular flexibility index (Phi) is 8.94. The molecule has 32 heavy (non-hydrogen) atoms. The molecule has 3 rings (SSSR count). The van der Waals surface area contributed by atoms with Gasteiger partial charge < -0.3 is 14.2 Å². The van der Waals surface area contributed by atoms with Crippen LogP contribution in [0.4, 0.5) is 0 Å². The fourth-order valence-corrected chi connectivity index (χ4v) is 4.18. The number of nitrogens with one attached hydrogen (secondary N) is 1. The summed E-state index contributed by atoms with van der Waals surface area (Å²) in [4.78, 5) is 12.5. The van der Waals surface area contributed by atoms with E-state index < -0.39 is 0 Å². The Labute approximate surface area is 216 Å². The van der Waals surface area contributed by atoms with Crippen molar-refractivity contribution in [2.45, 2.75) is 6.61 Å². The van der Waals surface area contributed by atoms with Crippen molar-refractivity contribution in [1.82, 2.24) is 5.43 Å². The number of benzene rings is 3. The second-order valence-electron chi connectivity index (χ2n) is 6.49. The van der Waals surface area contributed by atoms with Crippen LogP contribution in [0.15, 0.2) is 68.6 Å². The van der Waals surface area contributed by atoms with Crippen LogP contribution < -0.4 is 19.6 Å². The van der Waals surface area contributed by atoms with E-state index in [-0.39, 0.29) is 5.91 Å². The van der Waals surface area contributed by atoms with Gasteiger partial charge in [-0.3, -0.25) is 4.79 Å². The maximum absolute atomic E-state index is 12.5. The molecule has 0 atom stereocenters. The van der Waals surface area contributed by atoms with Crippen LogP contribution in [-0.4, -0.2) is 26.3 Å². The van der Waals surface area contributed by atoms with E-state index in [1.165, 1.54) is 7.11 Å². The fraction of sp³-hybridized carbons (Fsp3) is 0.130. The van der Waals surface area contributed by atoms with E-state index in [9.17, 15) is 4.79 Å². The highest BCUT2D eigenvalue weighted by atomic mass is 127. The summed E-state index contributed by atoms with van der Waals surface area (Å²) < 4.78 is 19.4. The van der Waals surface area contributed by atoms with Crippen LogP contribution in [-0.2, 0) is 6.61 Å². The van der Waals surface area contributed by atoms with Gasteiger partial charge in [0.1, 0.15) is 12.4 Å². The Morgan fingerprint density at radius 1 is 1.00 bits per heavy atom. The number of amides is 1. The number of hydrazone groups is 1. The predicted molar refractivity (Wildman–Crippen MR) is 140 cm³/mol. The third-order valence-corrected chi connectivity index (χ3v) is 6.16. The van der Waals surface area contributed by atoms with E-state index in [1.807, 2.05) is 30.3 Å². The molecule has 166 valence electrons. The lowest BCUT2D eigenvalue weighted by molar-refractivity contribution is 0.0952. The molecule has 0 saturated heterocycles. The predicted octanol–water partition coefficient (Wildman–Crippen LogP) is 6.18. The van der Waals surface area contributed by atoms with Crippen molar-refractivity contribution < 1.29 is 19.0 Å². The van der Waals surface area contributed by atoms with Gasteiger partial charge in [-0.05, 0) is 76.2 Å². The number of ether oxygens (including phenoxy) is 3. The summed E-state index contributed by atoms with van der Waals surface area (Å²) in [5.74, 6) is 1.31. The number of hydrogen-bond donors (Lipinski definition) is 1. The summed E-state index contributed by atoms with van der Waals surface area (Å²) in [6, 6.07) is 16.8. The van der Waals surface area contributed by atoms with Gasteiger partial charge in [-0.15, -0.1) is 0 Å². The Bertz CT molecular complexity index is 1140. The first-order chi connectivity index (χ1) is 15.4. The molecule has 0 unspecified atom stereocenters. The summed E-state index contributed by atoms with van der Waals surface area (Å²) in [5.41, 5.74) is 4.70. The second-order valence-corrected chi connectivity index (χ2v) is 9.49. The minimum atomic E-state index is -0.379. The molecular weight excluding hydrogens is 655 g/mol. The minimum Gasteiger partial charge on any atom is -0.496 e. The number of rotatable bonds is 8. The highest BCUT2D eigenvalue weighted by Gasteiger charge is 2.13. The van der Waals surface area contributed by atoms with Gasteiger partial charge in [0.05, 0.1) is 29.6 Å². The van der Waals surface area contributed by atoms with Gasteiger partial charge in [0.25, 0.3) is 5.91 Å². The van der Waals surface area contributed by atoms with Gasteiger partial charge in [-0.25, -0.2) is 5.43 Å². The molecule has 0 aliphatic rings. The van der Waals surface area contributed by atoms with Crippen molar-refractivity contribution in [2.24, 2.45) is 5.10 Å². The van der Waals surface area contributed by atoms with E-state index in [1.54, 1.807) is 37.6 Å². The molecule has 9 heteroatoms. The van der Waals surface area contributed by atoms with Gasteiger partial charge in [0.2, 0.25) is 0 Å². The fourth-order valence-electron chi connectivity index (χ4n) is 2.77. The summed E-state index contributed by atoms with van der Waals surface area (Å²) in [6.07, 6.45) is 1.55. The number of hydrogen-bond acceptors (Lipinski definition) is 5. The quantitative estimate of drug-likeness (QED) is 0.176. The van der Waals surface area contributed by atoms with Crippen molar-refractivity contribution in [2.75, 3.05) is 14.2 Å². The second kappa shape index (κ2) is 11.7. The molecule has 6 nitrogen and oxygen atoms in total. The molecule has 3 aromatic carbocycles. The molecule has 0 bridgehead atoms. The van der Waals surface area contributed by atoms with Crippen molar-refractivity contribution in [3.8, 4) is 17.2 Å². The maximum Gasteiger partial charge on any atom is 0.275 e. The number of carbonyl (C=O) groups is 1. The smallest absolute Gasteiger partial charge is 0.275 e. The first-order valence-corrected chi connectivity index (χ1v) is 12.0. The highest BCUT2D eigenvalue weighted by Crippen LogP contribution is 2.34. The van der Waals surface area contributed by atoms with Crippen LogP contribution >= 0.6 is 54.5 Å². The lowest BCUT2D eigenvalue weighted by Crippen LogP contribution is -2.18. The lowest BCUT2D eigenvalue weighted by atomic mass is 10.2. The van der Waals surface area contributed by atoms with Gasteiger partial charge in [-0.1, -0.05) is 44.0 Å². The van der Waals surface area contributed by atoms with Crippen molar-refractivity contribution >= 4 is 66.6 Å². The summed E-state index contributed by atoms with van der Waals surface area (Å²) in [5, 5.41) is 4.07. The Balaban J connectivity index is 1.71. The molecule has 0 aliphatic heterocycles. The zero-order valence-electron chi connectivity index (χ0n) is 17.2. The molecule has 1 N–H and O–H groups in total. The SMILES string of the molecule is COc1ccc(Br)cc1C(=O)N/N=C\c1cc(I)c(OCc2ccc(Br)cc2)c(OC)c1. The van der Waals surface area contributed by atoms with E-state index in [0.717, 1.165) is 23.6 Å². The third-order valence-electron chi connectivity index (χ3n) is 4.33. The molecule has 0 aromatic heterocycles. The number of carbonyl (C=O) groups excluding carboxylic acids is 1. The van der Waals surface area contributed by atoms with Gasteiger partial charge in [0.15, 0.2) is 11.5 Å². The lowest BCUT2D eigenvalue weighted by Gasteiger charge is -2.13. The van der Waals surface area contributed by atoms with Crippen molar-refractivity contribution in [3.63, 3.8) is 0 Å². The highest BCUT2D eigenvalue weighted by molar-refractivity contribution is 14.1. The zero-order chi connectivity index (χ0) is 23.1. The van der Waals surface area contributed by atoms with E-state index in [4.69, 9.17) is 14.2 Å². The molecule has 0 heterocycles. The van der Waals surface area contributed by atoms with Crippen molar-refractivity contribution in [1.29, 1.82) is 0 Å². The summed E-state index contributed by atoms with van der Waals surface area (Å²) >= 11 is 8.97. The molecule has 0 aliphatic carbocycles. The molecule has 0 fully saturated rings. The monoisotopic (exact) mass is 672 g/mol. The molecular formula is C23H19Br2IN2O4. The topological polar surface area (TPSA) is 69.2 Å². The Morgan fingerprint density at radius 3 is 2.38 bits per heavy atom. The standard InChI is InChI=1S/C23H19Br2IN2O4/c1-30-20-8-7-17(25)11-18(20)23(29)28-27-12-15-9-19(26)22(21(10-15)31-2)32-13-14-3-5-16(24)6-4-14/h3-12H,13H2,1-2H3,(H,28,29)/b27-12-. The van der Waals surface area contributed by atoms with Gasteiger partial charge in [-0.2, -0.15) is 5.10 Å². The van der Waals surface area contributed by atoms with Crippen LogP contribution in [0.1, 0.15) is 21.5 Å². The average Bonchev–Trinajstić information content (AvgIpc) is 2.79. The normalized spacial score (nSPS) is 10.8. The molecule has 3 aromatic rings. The Hall–Kier alpha value is -2.11. The van der Waals surface area contributed by atoms with Crippen LogP contribution in [0, 0.1) is 3.57 Å². The molecule has 0 spiro atoms. The zero-order valence-corrected chi connectivity index (χ0v) is 22.5. The van der Waals surface area contributed by atoms with Crippen LogP contribution in [0.25, 0.3) is 0 Å². The van der Waals surface area contributed by atoms with E-state index >= 15 is 0 Å². The molecule has 1 amide bonds. The average molecular weight is 674 g/mol. The summed E-state index contributed by atoms with van der Waals surface area (Å²) in [7, 11) is 3.10. The maximum atomic E-state index is 12.5. The van der Waals surface area contributed by atoms with E-state index in [2.05, 4.69) is 65.0 Å². The number of methoxy groups -OCH3 is 2.